The summed E-state index contributed by atoms with van der Waals surface area (Å²) < 4.78 is 0. The number of aldehydes is 1. The minimum atomic E-state index is 0.668. The van der Waals surface area contributed by atoms with Crippen LogP contribution in [0.25, 0.3) is 0 Å². The molecular formula is C16H16N2O. The summed E-state index contributed by atoms with van der Waals surface area (Å²) in [5.41, 5.74) is 3.41. The molecule has 0 fully saturated rings. The van der Waals surface area contributed by atoms with E-state index in [2.05, 4.69) is 34.1 Å². The monoisotopic (exact) mass is 252 g/mol. The number of aromatic nitrogens is 1. The lowest BCUT2D eigenvalue weighted by molar-refractivity contribution is 0.112. The molecule has 0 saturated carbocycles. The fourth-order valence-electron chi connectivity index (χ4n) is 2.65. The smallest absolute Gasteiger partial charge is 0.153 e. The van der Waals surface area contributed by atoms with E-state index in [1.807, 2.05) is 6.07 Å². The number of carbonyl (C=O) groups excluding carboxylic acids is 1. The van der Waals surface area contributed by atoms with Crippen molar-refractivity contribution in [3.05, 3.63) is 59.3 Å². The van der Waals surface area contributed by atoms with Gasteiger partial charge < -0.3 is 4.90 Å². The second kappa shape index (κ2) is 5.22. The molecule has 0 aliphatic carbocycles. The number of carbonyl (C=O) groups is 1. The van der Waals surface area contributed by atoms with Gasteiger partial charge in [0.2, 0.25) is 0 Å². The Morgan fingerprint density at radius 3 is 2.79 bits per heavy atom. The van der Waals surface area contributed by atoms with Crippen molar-refractivity contribution in [1.82, 2.24) is 4.98 Å². The van der Waals surface area contributed by atoms with Crippen molar-refractivity contribution in [2.45, 2.75) is 19.4 Å². The molecule has 96 valence electrons. The molecule has 2 heterocycles. The van der Waals surface area contributed by atoms with Crippen molar-refractivity contribution >= 4 is 12.1 Å². The summed E-state index contributed by atoms with van der Waals surface area (Å²) in [6.07, 6.45) is 4.82. The molecule has 0 amide bonds. The van der Waals surface area contributed by atoms with Crippen molar-refractivity contribution < 1.29 is 4.79 Å². The van der Waals surface area contributed by atoms with Crippen LogP contribution in [0.4, 0.5) is 5.82 Å². The van der Waals surface area contributed by atoms with Gasteiger partial charge in [0, 0.05) is 19.3 Å². The van der Waals surface area contributed by atoms with E-state index >= 15 is 0 Å². The Morgan fingerprint density at radius 2 is 1.95 bits per heavy atom. The number of fused-ring (bicyclic) bond motifs is 1. The molecule has 0 N–H and O–H groups in total. The number of nitrogens with zero attached hydrogens (tertiary/aromatic N) is 2. The molecule has 1 aromatic heterocycles. The lowest BCUT2D eigenvalue weighted by atomic mass is 10.0. The van der Waals surface area contributed by atoms with Gasteiger partial charge in [-0.05, 0) is 36.1 Å². The maximum Gasteiger partial charge on any atom is 0.153 e. The first-order valence-corrected chi connectivity index (χ1v) is 6.60. The summed E-state index contributed by atoms with van der Waals surface area (Å²) >= 11 is 0. The summed E-state index contributed by atoms with van der Waals surface area (Å²) in [6.45, 7) is 1.76. The molecule has 0 radical (unpaired) electrons. The summed E-state index contributed by atoms with van der Waals surface area (Å²) in [4.78, 5) is 17.7. The zero-order valence-corrected chi connectivity index (χ0v) is 10.7. The lowest BCUT2D eigenvalue weighted by Gasteiger charge is -2.23. The molecular weight excluding hydrogens is 236 g/mol. The summed E-state index contributed by atoms with van der Waals surface area (Å²) in [7, 11) is 0. The van der Waals surface area contributed by atoms with E-state index in [0.717, 1.165) is 38.0 Å². The van der Waals surface area contributed by atoms with Gasteiger partial charge in [0.25, 0.3) is 0 Å². The third kappa shape index (κ3) is 2.36. The van der Waals surface area contributed by atoms with E-state index in [1.165, 1.54) is 11.1 Å². The van der Waals surface area contributed by atoms with Crippen molar-refractivity contribution in [2.24, 2.45) is 0 Å². The van der Waals surface area contributed by atoms with E-state index in [0.29, 0.717) is 5.56 Å². The Kier molecular flexibility index (Phi) is 3.27. The predicted octanol–water partition coefficient (Wildman–Crippen LogP) is 2.85. The quantitative estimate of drug-likeness (QED) is 0.771. The van der Waals surface area contributed by atoms with Crippen LogP contribution in [0.1, 0.15) is 27.9 Å². The molecule has 1 aliphatic heterocycles. The number of pyridine rings is 1. The van der Waals surface area contributed by atoms with Crippen LogP contribution >= 0.6 is 0 Å². The van der Waals surface area contributed by atoms with Gasteiger partial charge in [-0.3, -0.25) is 4.79 Å². The fraction of sp³-hybridized carbons (Fsp3) is 0.250. The van der Waals surface area contributed by atoms with Crippen LogP contribution in [0, 0.1) is 0 Å². The predicted molar refractivity (Wildman–Crippen MR) is 75.4 cm³/mol. The standard InChI is InChI=1S/C16H16N2O/c19-12-15-7-3-9-17-16(15)18-10-4-8-13-5-1-2-6-14(13)11-18/h1-3,5-7,9,12H,4,8,10-11H2. The first-order chi connectivity index (χ1) is 9.38. The zero-order chi connectivity index (χ0) is 13.1. The average molecular weight is 252 g/mol. The summed E-state index contributed by atoms with van der Waals surface area (Å²) in [5, 5.41) is 0. The highest BCUT2D eigenvalue weighted by Gasteiger charge is 2.17. The number of anilines is 1. The van der Waals surface area contributed by atoms with Gasteiger partial charge in [-0.1, -0.05) is 24.3 Å². The number of hydrogen-bond donors (Lipinski definition) is 0. The zero-order valence-electron chi connectivity index (χ0n) is 10.7. The van der Waals surface area contributed by atoms with Crippen LogP contribution in [0.2, 0.25) is 0 Å². The van der Waals surface area contributed by atoms with Gasteiger partial charge in [-0.2, -0.15) is 0 Å². The molecule has 3 rings (SSSR count). The number of benzene rings is 1. The van der Waals surface area contributed by atoms with Crippen LogP contribution in [-0.4, -0.2) is 17.8 Å². The minimum absolute atomic E-state index is 0.668. The second-order valence-electron chi connectivity index (χ2n) is 4.83. The summed E-state index contributed by atoms with van der Waals surface area (Å²) in [6, 6.07) is 12.1. The lowest BCUT2D eigenvalue weighted by Crippen LogP contribution is -2.24. The highest BCUT2D eigenvalue weighted by Crippen LogP contribution is 2.24. The highest BCUT2D eigenvalue weighted by molar-refractivity contribution is 5.82. The van der Waals surface area contributed by atoms with Crippen LogP contribution in [0.15, 0.2) is 42.6 Å². The van der Waals surface area contributed by atoms with Gasteiger partial charge in [0.15, 0.2) is 6.29 Å². The Bertz CT molecular complexity index is 595. The molecule has 2 aromatic rings. The Balaban J connectivity index is 1.96. The van der Waals surface area contributed by atoms with Crippen LogP contribution in [0.3, 0.4) is 0 Å². The fourth-order valence-corrected chi connectivity index (χ4v) is 2.65. The first-order valence-electron chi connectivity index (χ1n) is 6.60. The van der Waals surface area contributed by atoms with Crippen molar-refractivity contribution in [2.75, 3.05) is 11.4 Å². The van der Waals surface area contributed by atoms with Crippen molar-refractivity contribution in [3.8, 4) is 0 Å². The number of aryl methyl sites for hydroxylation is 1. The molecule has 3 heteroatoms. The Labute approximate surface area is 112 Å². The van der Waals surface area contributed by atoms with E-state index in [-0.39, 0.29) is 0 Å². The molecule has 0 spiro atoms. The maximum absolute atomic E-state index is 11.1. The third-order valence-electron chi connectivity index (χ3n) is 3.60. The molecule has 3 nitrogen and oxygen atoms in total. The number of hydrogen-bond acceptors (Lipinski definition) is 3. The van der Waals surface area contributed by atoms with Crippen molar-refractivity contribution in [1.29, 1.82) is 0 Å². The SMILES string of the molecule is O=Cc1cccnc1N1CCCc2ccccc2C1. The molecule has 1 aliphatic rings. The molecule has 19 heavy (non-hydrogen) atoms. The average Bonchev–Trinajstić information content (AvgIpc) is 2.69. The van der Waals surface area contributed by atoms with E-state index in [4.69, 9.17) is 0 Å². The topological polar surface area (TPSA) is 33.2 Å². The van der Waals surface area contributed by atoms with Gasteiger partial charge in [-0.15, -0.1) is 0 Å². The van der Waals surface area contributed by atoms with Crippen LogP contribution in [0.5, 0.6) is 0 Å². The van der Waals surface area contributed by atoms with Gasteiger partial charge >= 0.3 is 0 Å². The number of rotatable bonds is 2. The van der Waals surface area contributed by atoms with Crippen LogP contribution in [-0.2, 0) is 13.0 Å². The van der Waals surface area contributed by atoms with E-state index in [9.17, 15) is 4.79 Å². The van der Waals surface area contributed by atoms with Gasteiger partial charge in [0.1, 0.15) is 5.82 Å². The normalized spacial score (nSPS) is 14.6. The largest absolute Gasteiger partial charge is 0.352 e. The van der Waals surface area contributed by atoms with E-state index in [1.54, 1.807) is 12.3 Å². The summed E-state index contributed by atoms with van der Waals surface area (Å²) in [5.74, 6) is 0.800. The second-order valence-corrected chi connectivity index (χ2v) is 4.83. The van der Waals surface area contributed by atoms with Gasteiger partial charge in [-0.25, -0.2) is 4.98 Å². The molecule has 0 bridgehead atoms. The third-order valence-corrected chi connectivity index (χ3v) is 3.60. The van der Waals surface area contributed by atoms with E-state index < -0.39 is 0 Å². The Hall–Kier alpha value is -2.16. The highest BCUT2D eigenvalue weighted by atomic mass is 16.1. The first kappa shape index (κ1) is 11.9. The molecule has 0 unspecified atom stereocenters. The molecule has 0 saturated heterocycles. The minimum Gasteiger partial charge on any atom is -0.352 e. The maximum atomic E-state index is 11.1. The van der Waals surface area contributed by atoms with Gasteiger partial charge in [0.05, 0.1) is 5.56 Å². The van der Waals surface area contributed by atoms with Crippen LogP contribution < -0.4 is 4.90 Å². The molecule has 1 aromatic carbocycles. The molecule has 0 atom stereocenters. The Morgan fingerprint density at radius 1 is 1.11 bits per heavy atom. The van der Waals surface area contributed by atoms with Crippen molar-refractivity contribution in [3.63, 3.8) is 0 Å².